The highest BCUT2D eigenvalue weighted by atomic mass is 127. The van der Waals surface area contributed by atoms with Crippen molar-refractivity contribution < 1.29 is 4.74 Å². The van der Waals surface area contributed by atoms with Crippen LogP contribution in [0, 0.1) is 19.3 Å². The van der Waals surface area contributed by atoms with Crippen molar-refractivity contribution in [1.82, 2.24) is 20.4 Å². The lowest BCUT2D eigenvalue weighted by molar-refractivity contribution is 0.0205. The van der Waals surface area contributed by atoms with Crippen LogP contribution in [0.5, 0.6) is 0 Å². The number of ether oxygens (including phenoxy) is 1. The Morgan fingerprint density at radius 1 is 1.21 bits per heavy atom. The topological polar surface area (TPSA) is 63.5 Å². The van der Waals surface area contributed by atoms with Gasteiger partial charge in [-0.3, -0.25) is 4.99 Å². The highest BCUT2D eigenvalue weighted by Gasteiger charge is 2.24. The lowest BCUT2D eigenvalue weighted by Crippen LogP contribution is -2.45. The van der Waals surface area contributed by atoms with E-state index in [1.165, 1.54) is 0 Å². The van der Waals surface area contributed by atoms with Crippen LogP contribution in [-0.4, -0.2) is 42.5 Å². The summed E-state index contributed by atoms with van der Waals surface area (Å²) in [6, 6.07) is 10.4. The molecule has 0 bridgehead atoms. The minimum atomic E-state index is 0. The second kappa shape index (κ2) is 10.8. The van der Waals surface area contributed by atoms with E-state index in [4.69, 9.17) is 4.74 Å². The van der Waals surface area contributed by atoms with Gasteiger partial charge in [0.05, 0.1) is 17.5 Å². The smallest absolute Gasteiger partial charge is 0.191 e. The summed E-state index contributed by atoms with van der Waals surface area (Å²) in [6.45, 7) is 11.9. The zero-order valence-corrected chi connectivity index (χ0v) is 20.4. The molecule has 0 aliphatic carbocycles. The third kappa shape index (κ3) is 6.48. The first kappa shape index (κ1) is 24.4. The third-order valence-corrected chi connectivity index (χ3v) is 4.60. The van der Waals surface area contributed by atoms with Gasteiger partial charge in [-0.15, -0.1) is 24.0 Å². The molecule has 1 aromatic carbocycles. The molecule has 0 fully saturated rings. The number of hydrogen-bond acceptors (Lipinski definition) is 3. The molecule has 0 spiro atoms. The predicted octanol–water partition coefficient (Wildman–Crippen LogP) is 3.83. The molecule has 0 saturated carbocycles. The molecule has 2 rings (SSSR count). The van der Waals surface area contributed by atoms with Gasteiger partial charge in [0.25, 0.3) is 0 Å². The number of halogens is 1. The van der Waals surface area contributed by atoms with Crippen molar-refractivity contribution >= 4 is 29.9 Å². The van der Waals surface area contributed by atoms with Crippen LogP contribution >= 0.6 is 24.0 Å². The molecule has 0 radical (unpaired) electrons. The molecule has 1 atom stereocenters. The Balaban J connectivity index is 0.00000392. The average Bonchev–Trinajstić information content (AvgIpc) is 2.95. The van der Waals surface area contributed by atoms with Crippen LogP contribution in [0.1, 0.15) is 37.7 Å². The monoisotopic (exact) mass is 499 g/mol. The molecule has 7 heteroatoms. The molecule has 1 aromatic heterocycles. The molecule has 0 amide bonds. The number of methoxy groups -OCH3 is 1. The molecule has 2 aromatic rings. The summed E-state index contributed by atoms with van der Waals surface area (Å²) in [4.78, 5) is 4.33. The number of nitrogens with one attached hydrogen (secondary N) is 2. The lowest BCUT2D eigenvalue weighted by atomic mass is 9.89. The van der Waals surface area contributed by atoms with Crippen molar-refractivity contribution in [2.75, 3.05) is 20.7 Å². The van der Waals surface area contributed by atoms with E-state index in [1.807, 2.05) is 23.7 Å². The fraction of sp³-hybridized carbons (Fsp3) is 0.524. The highest BCUT2D eigenvalue weighted by molar-refractivity contribution is 14.0. The molecule has 2 N–H and O–H groups in total. The van der Waals surface area contributed by atoms with Gasteiger partial charge in [-0.25, -0.2) is 4.68 Å². The second-order valence-electron chi connectivity index (χ2n) is 7.86. The summed E-state index contributed by atoms with van der Waals surface area (Å²) in [5.74, 6) is 0.754. The number of para-hydroxylation sites is 1. The molecule has 1 heterocycles. The number of benzene rings is 1. The van der Waals surface area contributed by atoms with Gasteiger partial charge in [0.1, 0.15) is 0 Å². The fourth-order valence-corrected chi connectivity index (χ4v) is 3.07. The largest absolute Gasteiger partial charge is 0.379 e. The van der Waals surface area contributed by atoms with E-state index in [9.17, 15) is 0 Å². The molecular formula is C21H34IN5O. The number of rotatable bonds is 6. The van der Waals surface area contributed by atoms with Crippen molar-refractivity contribution in [1.29, 1.82) is 0 Å². The average molecular weight is 499 g/mol. The van der Waals surface area contributed by atoms with E-state index in [0.29, 0.717) is 13.1 Å². The number of guanidine groups is 1. The van der Waals surface area contributed by atoms with Gasteiger partial charge in [-0.1, -0.05) is 39.0 Å². The minimum Gasteiger partial charge on any atom is -0.379 e. The van der Waals surface area contributed by atoms with E-state index >= 15 is 0 Å². The SMILES string of the molecule is CN=C(NCc1ccccc1-n1nc(C)cc1C)NCC(OC)C(C)(C)C.I. The van der Waals surface area contributed by atoms with Crippen LogP contribution in [0.15, 0.2) is 35.3 Å². The van der Waals surface area contributed by atoms with Crippen molar-refractivity contribution in [2.45, 2.75) is 47.3 Å². The van der Waals surface area contributed by atoms with Gasteiger partial charge < -0.3 is 15.4 Å². The number of aryl methyl sites for hydroxylation is 2. The second-order valence-corrected chi connectivity index (χ2v) is 7.86. The van der Waals surface area contributed by atoms with Gasteiger partial charge in [0.15, 0.2) is 5.96 Å². The van der Waals surface area contributed by atoms with Crippen LogP contribution < -0.4 is 10.6 Å². The van der Waals surface area contributed by atoms with Gasteiger partial charge >= 0.3 is 0 Å². The van der Waals surface area contributed by atoms with Gasteiger partial charge in [-0.2, -0.15) is 5.10 Å². The van der Waals surface area contributed by atoms with Crippen LogP contribution in [0.3, 0.4) is 0 Å². The molecule has 6 nitrogen and oxygen atoms in total. The third-order valence-electron chi connectivity index (χ3n) is 4.60. The van der Waals surface area contributed by atoms with Gasteiger partial charge in [0.2, 0.25) is 0 Å². The molecule has 156 valence electrons. The van der Waals surface area contributed by atoms with E-state index in [-0.39, 0.29) is 35.5 Å². The highest BCUT2D eigenvalue weighted by Crippen LogP contribution is 2.21. The van der Waals surface area contributed by atoms with Crippen molar-refractivity contribution in [3.05, 3.63) is 47.3 Å². The van der Waals surface area contributed by atoms with Crippen molar-refractivity contribution in [3.63, 3.8) is 0 Å². The van der Waals surface area contributed by atoms with Crippen molar-refractivity contribution in [2.24, 2.45) is 10.4 Å². The summed E-state index contributed by atoms with van der Waals surface area (Å²) in [6.07, 6.45) is 0.0954. The molecule has 0 aliphatic heterocycles. The summed E-state index contributed by atoms with van der Waals surface area (Å²) in [7, 11) is 3.53. The maximum absolute atomic E-state index is 5.61. The maximum atomic E-state index is 5.61. The Morgan fingerprint density at radius 2 is 1.89 bits per heavy atom. The van der Waals surface area contributed by atoms with E-state index < -0.39 is 0 Å². The van der Waals surface area contributed by atoms with Crippen molar-refractivity contribution in [3.8, 4) is 5.69 Å². The summed E-state index contributed by atoms with van der Waals surface area (Å²) < 4.78 is 7.60. The molecule has 28 heavy (non-hydrogen) atoms. The number of aliphatic imine (C=N–C) groups is 1. The zero-order valence-electron chi connectivity index (χ0n) is 18.0. The van der Waals surface area contributed by atoms with Gasteiger partial charge in [0, 0.05) is 32.9 Å². The van der Waals surface area contributed by atoms with Crippen LogP contribution in [0.2, 0.25) is 0 Å². The van der Waals surface area contributed by atoms with E-state index in [1.54, 1.807) is 14.2 Å². The predicted molar refractivity (Wildman–Crippen MR) is 127 cm³/mol. The first-order chi connectivity index (χ1) is 12.8. The number of hydrogen-bond donors (Lipinski definition) is 2. The summed E-state index contributed by atoms with van der Waals surface area (Å²) in [5, 5.41) is 11.4. The maximum Gasteiger partial charge on any atom is 0.191 e. The van der Waals surface area contributed by atoms with E-state index in [2.05, 4.69) is 66.6 Å². The number of nitrogens with zero attached hydrogens (tertiary/aromatic N) is 3. The quantitative estimate of drug-likeness (QED) is 0.360. The van der Waals surface area contributed by atoms with Gasteiger partial charge in [-0.05, 0) is 37.0 Å². The van der Waals surface area contributed by atoms with Crippen LogP contribution in [-0.2, 0) is 11.3 Å². The Labute approximate surface area is 186 Å². The Kier molecular flexibility index (Phi) is 9.43. The zero-order chi connectivity index (χ0) is 20.0. The molecular weight excluding hydrogens is 465 g/mol. The Morgan fingerprint density at radius 3 is 2.43 bits per heavy atom. The summed E-state index contributed by atoms with van der Waals surface area (Å²) >= 11 is 0. The fourth-order valence-electron chi connectivity index (χ4n) is 3.07. The Hall–Kier alpha value is -1.61. The molecule has 1 unspecified atom stereocenters. The molecule has 0 saturated heterocycles. The summed E-state index contributed by atoms with van der Waals surface area (Å²) in [5.41, 5.74) is 4.43. The van der Waals surface area contributed by atoms with Crippen LogP contribution in [0.4, 0.5) is 0 Å². The first-order valence-corrected chi connectivity index (χ1v) is 9.35. The first-order valence-electron chi connectivity index (χ1n) is 9.35. The standard InChI is InChI=1S/C21H33N5O.HI/c1-15-12-16(2)26(25-15)18-11-9-8-10-17(18)13-23-20(22-6)24-14-19(27-7)21(3,4)5;/h8-12,19H,13-14H2,1-7H3,(H2,22,23,24);1H. The van der Waals surface area contributed by atoms with Crippen LogP contribution in [0.25, 0.3) is 5.69 Å². The Bertz CT molecular complexity index is 779. The van der Waals surface area contributed by atoms with E-state index in [0.717, 1.165) is 28.6 Å². The normalized spacial score (nSPS) is 13.0. The lowest BCUT2D eigenvalue weighted by Gasteiger charge is -2.30. The molecule has 0 aliphatic rings. The number of aromatic nitrogens is 2. The minimum absolute atomic E-state index is 0.